The number of carbonyl (C=O) groups excluding carboxylic acids is 1. The summed E-state index contributed by atoms with van der Waals surface area (Å²) in [5, 5.41) is 15.5. The van der Waals surface area contributed by atoms with Crippen molar-refractivity contribution in [1.82, 2.24) is 24.5 Å². The van der Waals surface area contributed by atoms with Crippen molar-refractivity contribution in [3.63, 3.8) is 0 Å². The van der Waals surface area contributed by atoms with Crippen molar-refractivity contribution in [2.24, 2.45) is 0 Å². The molecule has 11 heteroatoms. The van der Waals surface area contributed by atoms with Gasteiger partial charge in [-0.15, -0.1) is 0 Å². The lowest BCUT2D eigenvalue weighted by Gasteiger charge is -2.35. The molecule has 0 radical (unpaired) electrons. The molecular formula is C25H35Cl2N5O4. The van der Waals surface area contributed by atoms with E-state index < -0.39 is 11.6 Å². The quantitative estimate of drug-likeness (QED) is 0.508. The molecule has 0 bridgehead atoms. The van der Waals surface area contributed by atoms with Crippen molar-refractivity contribution in [1.29, 1.82) is 0 Å². The minimum absolute atomic E-state index is 0.0748. The van der Waals surface area contributed by atoms with Gasteiger partial charge in [0.2, 0.25) is 5.91 Å². The molecule has 198 valence electrons. The monoisotopic (exact) mass is 539 g/mol. The first-order valence-electron chi connectivity index (χ1n) is 12.1. The molecule has 2 heterocycles. The zero-order chi connectivity index (χ0) is 26.6. The van der Waals surface area contributed by atoms with Crippen LogP contribution in [0.3, 0.4) is 0 Å². The maximum absolute atomic E-state index is 11.9. The fourth-order valence-corrected chi connectivity index (χ4v) is 4.78. The fourth-order valence-electron chi connectivity index (χ4n) is 4.27. The van der Waals surface area contributed by atoms with Crippen LogP contribution in [-0.2, 0) is 24.3 Å². The molecule has 2 aromatic rings. The highest BCUT2D eigenvalue weighted by Crippen LogP contribution is 2.34. The molecular weight excluding hydrogens is 505 g/mol. The van der Waals surface area contributed by atoms with Gasteiger partial charge in [-0.3, -0.25) is 14.4 Å². The summed E-state index contributed by atoms with van der Waals surface area (Å²) in [4.78, 5) is 29.2. The average Bonchev–Trinajstić information content (AvgIpc) is 3.08. The number of halogens is 2. The van der Waals surface area contributed by atoms with Crippen molar-refractivity contribution in [2.45, 2.75) is 59.7 Å². The minimum Gasteiger partial charge on any atom is -0.465 e. The van der Waals surface area contributed by atoms with Crippen LogP contribution in [0.1, 0.15) is 46.0 Å². The van der Waals surface area contributed by atoms with Crippen LogP contribution in [0.15, 0.2) is 18.2 Å². The van der Waals surface area contributed by atoms with Crippen LogP contribution >= 0.6 is 23.2 Å². The maximum Gasteiger partial charge on any atom is 0.407 e. The number of rotatable bonds is 8. The number of carboxylic acid groups (broad SMARTS) is 1. The predicted molar refractivity (Wildman–Crippen MR) is 140 cm³/mol. The van der Waals surface area contributed by atoms with Gasteiger partial charge in [0.05, 0.1) is 12.2 Å². The number of aromatic nitrogens is 2. The van der Waals surface area contributed by atoms with Gasteiger partial charge in [0, 0.05) is 61.8 Å². The lowest BCUT2D eigenvalue weighted by molar-refractivity contribution is -0.130. The summed E-state index contributed by atoms with van der Waals surface area (Å²) < 4.78 is 8.17. The van der Waals surface area contributed by atoms with E-state index in [2.05, 4.69) is 4.90 Å². The third-order valence-corrected chi connectivity index (χ3v) is 6.67. The van der Waals surface area contributed by atoms with E-state index in [1.54, 1.807) is 25.1 Å². The molecule has 1 fully saturated rings. The number of ether oxygens (including phenoxy) is 1. The number of amides is 2. The van der Waals surface area contributed by atoms with Gasteiger partial charge in [-0.05, 0) is 45.4 Å². The zero-order valence-electron chi connectivity index (χ0n) is 21.6. The molecule has 1 aromatic carbocycles. The number of piperazine rings is 1. The van der Waals surface area contributed by atoms with E-state index in [4.69, 9.17) is 33.0 Å². The van der Waals surface area contributed by atoms with Crippen molar-refractivity contribution in [2.75, 3.05) is 32.7 Å². The first-order chi connectivity index (χ1) is 16.9. The maximum atomic E-state index is 11.9. The van der Waals surface area contributed by atoms with Crippen LogP contribution in [0.4, 0.5) is 4.79 Å². The Balaban J connectivity index is 1.94. The number of nitrogens with zero attached hydrogens (tertiary/aromatic N) is 5. The Bertz CT molecular complexity index is 1070. The van der Waals surface area contributed by atoms with Gasteiger partial charge < -0.3 is 19.6 Å². The van der Waals surface area contributed by atoms with Gasteiger partial charge in [-0.1, -0.05) is 30.1 Å². The van der Waals surface area contributed by atoms with Crippen molar-refractivity contribution in [3.8, 4) is 11.5 Å². The second-order valence-electron chi connectivity index (χ2n) is 9.89. The number of aryl methyl sites for hydroxylation is 1. The van der Waals surface area contributed by atoms with Crippen LogP contribution in [0.2, 0.25) is 10.0 Å². The normalized spacial score (nSPS) is 14.7. The molecule has 1 N–H and O–H groups in total. The Morgan fingerprint density at radius 1 is 1.11 bits per heavy atom. The summed E-state index contributed by atoms with van der Waals surface area (Å²) in [7, 11) is 0. The van der Waals surface area contributed by atoms with Crippen LogP contribution < -0.4 is 4.74 Å². The van der Waals surface area contributed by atoms with Crippen LogP contribution in [0.5, 0.6) is 11.5 Å². The standard InChI is InChI=1S/C25H35Cl2N5O4/c1-6-21-23(36-20-14-18(26)13-19(27)15-20)22(16-29-7-9-30(10-8-29)17(2)33)32(28-21)12-11-31(24(34)35)25(3,4)5/h13-15H,6-12,16H2,1-5H3,(H,34,35). The Labute approximate surface area is 222 Å². The third kappa shape index (κ3) is 7.05. The molecule has 9 nitrogen and oxygen atoms in total. The SMILES string of the molecule is CCc1nn(CCN(C(=O)O)C(C)(C)C)c(CN2CCN(C(C)=O)CC2)c1Oc1cc(Cl)cc(Cl)c1. The molecule has 0 saturated carbocycles. The number of hydrogen-bond acceptors (Lipinski definition) is 5. The predicted octanol–water partition coefficient (Wildman–Crippen LogP) is 4.99. The van der Waals surface area contributed by atoms with Gasteiger partial charge in [0.25, 0.3) is 0 Å². The molecule has 1 aromatic heterocycles. The minimum atomic E-state index is -0.975. The second kappa shape index (κ2) is 11.7. The average molecular weight is 540 g/mol. The number of hydrogen-bond donors (Lipinski definition) is 1. The first kappa shape index (κ1) is 28.1. The third-order valence-electron chi connectivity index (χ3n) is 6.24. The van der Waals surface area contributed by atoms with E-state index in [1.807, 2.05) is 37.3 Å². The van der Waals surface area contributed by atoms with Gasteiger partial charge in [0.1, 0.15) is 11.4 Å². The molecule has 1 aliphatic heterocycles. The smallest absolute Gasteiger partial charge is 0.407 e. The highest BCUT2D eigenvalue weighted by Gasteiger charge is 2.28. The number of benzene rings is 1. The van der Waals surface area contributed by atoms with Crippen molar-refractivity contribution < 1.29 is 19.4 Å². The summed E-state index contributed by atoms with van der Waals surface area (Å²) in [6, 6.07) is 5.04. The highest BCUT2D eigenvalue weighted by atomic mass is 35.5. The molecule has 0 spiro atoms. The molecule has 3 rings (SSSR count). The fraction of sp³-hybridized carbons (Fsp3) is 0.560. The van der Waals surface area contributed by atoms with Crippen LogP contribution in [0.25, 0.3) is 0 Å². The van der Waals surface area contributed by atoms with Crippen molar-refractivity contribution >= 4 is 35.2 Å². The van der Waals surface area contributed by atoms with E-state index in [0.717, 1.165) is 24.5 Å². The summed E-state index contributed by atoms with van der Waals surface area (Å²) in [5.74, 6) is 1.21. The Morgan fingerprint density at radius 3 is 2.22 bits per heavy atom. The first-order valence-corrected chi connectivity index (χ1v) is 12.9. The lowest BCUT2D eigenvalue weighted by Crippen LogP contribution is -2.48. The zero-order valence-corrected chi connectivity index (χ0v) is 23.1. The molecule has 0 atom stereocenters. The summed E-state index contributed by atoms with van der Waals surface area (Å²) in [6.07, 6.45) is -0.346. The van der Waals surface area contributed by atoms with E-state index in [0.29, 0.717) is 54.1 Å². The summed E-state index contributed by atoms with van der Waals surface area (Å²) >= 11 is 12.4. The molecule has 1 saturated heterocycles. The molecule has 2 amide bonds. The largest absolute Gasteiger partial charge is 0.465 e. The topological polar surface area (TPSA) is 91.1 Å². The Kier molecular flexibility index (Phi) is 9.13. The van der Waals surface area contributed by atoms with E-state index in [-0.39, 0.29) is 12.5 Å². The second-order valence-corrected chi connectivity index (χ2v) is 10.8. The molecule has 36 heavy (non-hydrogen) atoms. The van der Waals surface area contributed by atoms with E-state index in [9.17, 15) is 14.7 Å². The van der Waals surface area contributed by atoms with Gasteiger partial charge in [0.15, 0.2) is 5.75 Å². The highest BCUT2D eigenvalue weighted by molar-refractivity contribution is 6.34. The van der Waals surface area contributed by atoms with Gasteiger partial charge in [-0.25, -0.2) is 4.79 Å². The molecule has 0 aliphatic carbocycles. The molecule has 0 unspecified atom stereocenters. The Morgan fingerprint density at radius 2 is 1.72 bits per heavy atom. The van der Waals surface area contributed by atoms with Crippen molar-refractivity contribution in [3.05, 3.63) is 39.6 Å². The van der Waals surface area contributed by atoms with Gasteiger partial charge in [-0.2, -0.15) is 5.10 Å². The van der Waals surface area contributed by atoms with Crippen LogP contribution in [-0.4, -0.2) is 79.8 Å². The molecule has 1 aliphatic rings. The van der Waals surface area contributed by atoms with Gasteiger partial charge >= 0.3 is 6.09 Å². The van der Waals surface area contributed by atoms with E-state index >= 15 is 0 Å². The van der Waals surface area contributed by atoms with E-state index in [1.165, 1.54) is 4.90 Å². The number of carbonyl (C=O) groups is 2. The lowest BCUT2D eigenvalue weighted by atomic mass is 10.1. The summed E-state index contributed by atoms with van der Waals surface area (Å²) in [6.45, 7) is 13.1. The summed E-state index contributed by atoms with van der Waals surface area (Å²) in [5.41, 5.74) is 1.06. The Hall–Kier alpha value is -2.49. The van der Waals surface area contributed by atoms with Crippen LogP contribution in [0, 0.1) is 0 Å².